The van der Waals surface area contributed by atoms with E-state index in [1.165, 1.54) is 25.7 Å². The quantitative estimate of drug-likeness (QED) is 0.350. The average molecular weight is 515 g/mol. The molecule has 2 bridgehead atoms. The Morgan fingerprint density at radius 1 is 1.03 bits per heavy atom. The number of hydrogen-bond acceptors (Lipinski definition) is 9. The molecule has 0 spiro atoms. The lowest BCUT2D eigenvalue weighted by Crippen LogP contribution is -2.54. The lowest BCUT2D eigenvalue weighted by atomic mass is 10.1. The van der Waals surface area contributed by atoms with Gasteiger partial charge in [-0.1, -0.05) is 30.9 Å². The molecule has 7 N–H and O–H groups in total. The van der Waals surface area contributed by atoms with E-state index in [1.54, 1.807) is 24.3 Å². The molecule has 3 saturated heterocycles. The fraction of sp³-hybridized carbons (Fsp3) is 0.448. The van der Waals surface area contributed by atoms with Gasteiger partial charge in [0.1, 0.15) is 17.3 Å². The minimum atomic E-state index is 0.122. The predicted molar refractivity (Wildman–Crippen MR) is 150 cm³/mol. The molecule has 1 aromatic carbocycles. The van der Waals surface area contributed by atoms with E-state index in [4.69, 9.17) is 17.2 Å². The van der Waals surface area contributed by atoms with Crippen LogP contribution in [0.1, 0.15) is 49.8 Å². The monoisotopic (exact) mass is 514 g/mol. The molecule has 9 heteroatoms. The van der Waals surface area contributed by atoms with E-state index < -0.39 is 0 Å². The Bertz CT molecular complexity index is 1240. The van der Waals surface area contributed by atoms with E-state index in [0.29, 0.717) is 22.7 Å². The van der Waals surface area contributed by atoms with Crippen molar-refractivity contribution >= 4 is 11.4 Å². The van der Waals surface area contributed by atoms with Crippen molar-refractivity contribution in [1.82, 2.24) is 20.0 Å². The number of likely N-dealkylation sites (tertiary alicyclic amines) is 2. The summed E-state index contributed by atoms with van der Waals surface area (Å²) in [7, 11) is 0. The van der Waals surface area contributed by atoms with Crippen LogP contribution < -0.4 is 22.1 Å². The highest BCUT2D eigenvalue weighted by Gasteiger charge is 2.41. The number of benzene rings is 1. The maximum absolute atomic E-state index is 10.2. The molecule has 2 aromatic rings. The van der Waals surface area contributed by atoms with Crippen LogP contribution in [0.3, 0.4) is 0 Å². The van der Waals surface area contributed by atoms with Crippen molar-refractivity contribution in [2.24, 2.45) is 17.2 Å². The molecule has 4 heterocycles. The van der Waals surface area contributed by atoms with Crippen LogP contribution in [-0.2, 0) is 0 Å². The van der Waals surface area contributed by atoms with Crippen molar-refractivity contribution in [3.8, 4) is 17.6 Å². The second kappa shape index (κ2) is 11.7. The Hall–Kier alpha value is -3.90. The van der Waals surface area contributed by atoms with Crippen molar-refractivity contribution in [3.63, 3.8) is 0 Å². The molecule has 38 heavy (non-hydrogen) atoms. The highest BCUT2D eigenvalue weighted by molar-refractivity contribution is 5.70. The first-order valence-corrected chi connectivity index (χ1v) is 13.6. The Balaban J connectivity index is 1.29. The van der Waals surface area contributed by atoms with Crippen LogP contribution in [0.25, 0.3) is 5.70 Å². The zero-order valence-corrected chi connectivity index (χ0v) is 21.9. The number of aromatic nitrogens is 2. The van der Waals surface area contributed by atoms with Gasteiger partial charge in [0.2, 0.25) is 0 Å². The molecular weight excluding hydrogens is 476 g/mol. The Kier molecular flexibility index (Phi) is 7.89. The van der Waals surface area contributed by atoms with Crippen LogP contribution in [0.2, 0.25) is 0 Å². The normalized spacial score (nSPS) is 21.9. The number of rotatable bonds is 5. The summed E-state index contributed by atoms with van der Waals surface area (Å²) < 4.78 is 0. The molecule has 0 radical (unpaired) electrons. The van der Waals surface area contributed by atoms with Crippen LogP contribution in [-0.4, -0.2) is 69.9 Å². The third-order valence-corrected chi connectivity index (χ3v) is 7.78. The van der Waals surface area contributed by atoms with Gasteiger partial charge < -0.3 is 32.1 Å². The zero-order valence-electron chi connectivity index (χ0n) is 21.9. The van der Waals surface area contributed by atoms with Crippen LogP contribution >= 0.6 is 0 Å². The van der Waals surface area contributed by atoms with Gasteiger partial charge in [-0.15, -0.1) is 5.10 Å². The fourth-order valence-corrected chi connectivity index (χ4v) is 5.92. The molecule has 3 fully saturated rings. The number of allylic oxidation sites excluding steroid dienone is 1. The van der Waals surface area contributed by atoms with Gasteiger partial charge in [-0.2, -0.15) is 5.10 Å². The Labute approximate surface area is 225 Å². The summed E-state index contributed by atoms with van der Waals surface area (Å²) in [4.78, 5) is 7.09. The summed E-state index contributed by atoms with van der Waals surface area (Å²) in [6.07, 6.45) is 10.9. The standard InChI is InChI=1S/C29H38N8O/c30-26(25-9-3-4-10-28(25)38)17-27(29(31)32)36-19-22-11-12-23(20-36)37(22)24-16-21(34-33-18-24)8-7-15-35-13-5-1-2-6-14-35/h3-4,9-10,16-18,22-23,38H,1-2,5-6,11-15,19-20,30-32H2/b26-17-. The lowest BCUT2D eigenvalue weighted by Gasteiger charge is -2.43. The van der Waals surface area contributed by atoms with E-state index in [-0.39, 0.29) is 23.7 Å². The summed E-state index contributed by atoms with van der Waals surface area (Å²) >= 11 is 0. The molecule has 3 aliphatic rings. The molecule has 9 nitrogen and oxygen atoms in total. The van der Waals surface area contributed by atoms with Gasteiger partial charge in [-0.25, -0.2) is 0 Å². The average Bonchev–Trinajstić information content (AvgIpc) is 3.07. The molecule has 0 amide bonds. The number of phenols is 1. The molecule has 2 unspecified atom stereocenters. The number of piperazine rings is 1. The van der Waals surface area contributed by atoms with Gasteiger partial charge >= 0.3 is 0 Å². The maximum atomic E-state index is 10.2. The second-order valence-corrected chi connectivity index (χ2v) is 10.4. The van der Waals surface area contributed by atoms with Crippen molar-refractivity contribution in [3.05, 3.63) is 65.4 Å². The number of para-hydroxylation sites is 1. The molecule has 2 atom stereocenters. The van der Waals surface area contributed by atoms with Crippen molar-refractivity contribution in [2.45, 2.75) is 50.6 Å². The molecule has 1 aromatic heterocycles. The van der Waals surface area contributed by atoms with Crippen molar-refractivity contribution in [2.75, 3.05) is 37.6 Å². The van der Waals surface area contributed by atoms with E-state index in [1.807, 2.05) is 12.3 Å². The summed E-state index contributed by atoms with van der Waals surface area (Å²) in [6, 6.07) is 9.61. The van der Waals surface area contributed by atoms with Crippen molar-refractivity contribution in [1.29, 1.82) is 0 Å². The van der Waals surface area contributed by atoms with Gasteiger partial charge in [-0.3, -0.25) is 4.90 Å². The first kappa shape index (κ1) is 25.7. The van der Waals surface area contributed by atoms with Crippen LogP contribution in [0.15, 0.2) is 54.1 Å². The predicted octanol–water partition coefficient (Wildman–Crippen LogP) is 2.15. The molecule has 3 aliphatic heterocycles. The first-order chi connectivity index (χ1) is 18.5. The lowest BCUT2D eigenvalue weighted by molar-refractivity contribution is 0.277. The van der Waals surface area contributed by atoms with E-state index in [9.17, 15) is 5.11 Å². The number of phenolic OH excluding ortho intramolecular Hbond substituents is 1. The fourth-order valence-electron chi connectivity index (χ4n) is 5.92. The number of fused-ring (bicyclic) bond motifs is 2. The SMILES string of the molecule is NC(N)=C(/C=C(\N)c1ccccc1O)N1CC2CCC(C1)N2c1cnnc(C#CCN2CCCCCC2)c1. The second-order valence-electron chi connectivity index (χ2n) is 10.4. The van der Waals surface area contributed by atoms with Crippen LogP contribution in [0.5, 0.6) is 5.75 Å². The summed E-state index contributed by atoms with van der Waals surface area (Å²) in [6.45, 7) is 4.55. The Morgan fingerprint density at radius 2 is 1.74 bits per heavy atom. The summed E-state index contributed by atoms with van der Waals surface area (Å²) in [5, 5.41) is 18.8. The molecule has 5 rings (SSSR count). The van der Waals surface area contributed by atoms with E-state index >= 15 is 0 Å². The van der Waals surface area contributed by atoms with Gasteiger partial charge in [0, 0.05) is 36.4 Å². The zero-order chi connectivity index (χ0) is 26.5. The minimum absolute atomic E-state index is 0.122. The topological polar surface area (TPSA) is 134 Å². The van der Waals surface area contributed by atoms with Crippen LogP contribution in [0.4, 0.5) is 5.69 Å². The number of nitrogens with zero attached hydrogens (tertiary/aromatic N) is 5. The van der Waals surface area contributed by atoms with Gasteiger partial charge in [0.05, 0.1) is 24.1 Å². The highest BCUT2D eigenvalue weighted by atomic mass is 16.3. The van der Waals surface area contributed by atoms with E-state index in [0.717, 1.165) is 51.3 Å². The summed E-state index contributed by atoms with van der Waals surface area (Å²) in [5.74, 6) is 6.89. The Morgan fingerprint density at radius 3 is 2.42 bits per heavy atom. The first-order valence-electron chi connectivity index (χ1n) is 13.6. The molecular formula is C29H38N8O. The molecule has 200 valence electrons. The highest BCUT2D eigenvalue weighted by Crippen LogP contribution is 2.36. The molecule has 0 saturated carbocycles. The number of hydrogen-bond donors (Lipinski definition) is 4. The maximum Gasteiger partial charge on any atom is 0.138 e. The number of aromatic hydroxyl groups is 1. The van der Waals surface area contributed by atoms with Crippen LogP contribution in [0, 0.1) is 11.8 Å². The smallest absolute Gasteiger partial charge is 0.138 e. The minimum Gasteiger partial charge on any atom is -0.507 e. The van der Waals surface area contributed by atoms with Gasteiger partial charge in [0.25, 0.3) is 0 Å². The molecule has 0 aliphatic carbocycles. The van der Waals surface area contributed by atoms with Gasteiger partial charge in [0.15, 0.2) is 0 Å². The third-order valence-electron chi connectivity index (χ3n) is 7.78. The largest absolute Gasteiger partial charge is 0.507 e. The number of anilines is 1. The van der Waals surface area contributed by atoms with E-state index in [2.05, 4.69) is 42.8 Å². The van der Waals surface area contributed by atoms with Crippen molar-refractivity contribution < 1.29 is 5.11 Å². The van der Waals surface area contributed by atoms with Gasteiger partial charge in [-0.05, 0) is 69.0 Å². The summed E-state index contributed by atoms with van der Waals surface area (Å²) in [5.41, 5.74) is 22.0. The third kappa shape index (κ3) is 5.81. The number of nitrogens with two attached hydrogens (primary N) is 3.